The molecule has 2 rings (SSSR count). The van der Waals surface area contributed by atoms with E-state index in [0.29, 0.717) is 18.3 Å². The number of alkyl halides is 3. The van der Waals surface area contributed by atoms with Crippen LogP contribution >= 0.6 is 0 Å². The molecule has 32 heavy (non-hydrogen) atoms. The van der Waals surface area contributed by atoms with Crippen molar-refractivity contribution in [2.24, 2.45) is 5.92 Å². The van der Waals surface area contributed by atoms with Crippen molar-refractivity contribution in [2.75, 3.05) is 19.8 Å². The molecule has 172 valence electrons. The normalized spacial score (nSPS) is 11.9. The number of amides is 2. The molecule has 0 aliphatic rings. The molecule has 0 spiro atoms. The van der Waals surface area contributed by atoms with Gasteiger partial charge in [-0.1, -0.05) is 19.9 Å². The first-order valence-electron chi connectivity index (χ1n) is 9.78. The highest BCUT2D eigenvalue weighted by atomic mass is 19.4. The molecule has 1 heterocycles. The molecule has 1 aromatic heterocycles. The minimum atomic E-state index is -4.59. The van der Waals surface area contributed by atoms with Crippen LogP contribution in [-0.4, -0.2) is 41.7 Å². The maximum atomic E-state index is 12.7. The Hall–Kier alpha value is -3.40. The Labute approximate surface area is 183 Å². The number of hydrogen-bond donors (Lipinski definition) is 3. The molecule has 2 aromatic rings. The topological polar surface area (TPSA) is 101 Å². The van der Waals surface area contributed by atoms with Gasteiger partial charge in [0.1, 0.15) is 17.1 Å². The summed E-state index contributed by atoms with van der Waals surface area (Å²) < 4.78 is 43.6. The van der Waals surface area contributed by atoms with Gasteiger partial charge in [-0.15, -0.1) is 0 Å². The lowest BCUT2D eigenvalue weighted by Gasteiger charge is -2.12. The first-order chi connectivity index (χ1) is 15.1. The third-order valence-electron chi connectivity index (χ3n) is 3.98. The molecule has 0 fully saturated rings. The number of nitrogens with one attached hydrogen (secondary N) is 2. The smallest absolute Gasteiger partial charge is 0.433 e. The second kappa shape index (κ2) is 11.3. The van der Waals surface area contributed by atoms with Gasteiger partial charge in [-0.25, -0.2) is 0 Å². The number of pyridine rings is 1. The standard InChI is InChI=1S/C22H24F3N3O4/c1-14(2)13-32-17-6-4-16(5-7-17)20(30)28-18(21(31)26-9-10-29)11-15-3-8-19(27-12-15)22(23,24)25/h3-8,11-12,14,29H,9-10,13H2,1-2H3,(H,26,31)(H,28,30)/b18-11-. The van der Waals surface area contributed by atoms with Crippen LogP contribution in [0.3, 0.4) is 0 Å². The number of aliphatic hydroxyl groups excluding tert-OH is 1. The highest BCUT2D eigenvalue weighted by Gasteiger charge is 2.32. The van der Waals surface area contributed by atoms with Gasteiger partial charge in [0.2, 0.25) is 0 Å². The second-order valence-electron chi connectivity index (χ2n) is 7.20. The maximum absolute atomic E-state index is 12.7. The number of nitrogens with zero attached hydrogens (tertiary/aromatic N) is 1. The van der Waals surface area contributed by atoms with Crippen molar-refractivity contribution in [1.29, 1.82) is 0 Å². The van der Waals surface area contributed by atoms with Crippen LogP contribution in [-0.2, 0) is 11.0 Å². The number of rotatable bonds is 9. The molecule has 2 amide bonds. The van der Waals surface area contributed by atoms with Crippen LogP contribution in [0.4, 0.5) is 13.2 Å². The number of carbonyl (C=O) groups excluding carboxylic acids is 2. The summed E-state index contributed by atoms with van der Waals surface area (Å²) in [4.78, 5) is 28.3. The van der Waals surface area contributed by atoms with E-state index in [9.17, 15) is 22.8 Å². The lowest BCUT2D eigenvalue weighted by Crippen LogP contribution is -2.36. The van der Waals surface area contributed by atoms with Gasteiger partial charge in [0.15, 0.2) is 0 Å². The number of ether oxygens (including phenoxy) is 1. The van der Waals surface area contributed by atoms with Gasteiger partial charge in [0.05, 0.1) is 13.2 Å². The van der Waals surface area contributed by atoms with E-state index in [2.05, 4.69) is 15.6 Å². The van der Waals surface area contributed by atoms with E-state index in [4.69, 9.17) is 9.84 Å². The molecule has 10 heteroatoms. The Bertz CT molecular complexity index is 940. The first-order valence-corrected chi connectivity index (χ1v) is 9.78. The van der Waals surface area contributed by atoms with Gasteiger partial charge in [-0.05, 0) is 47.9 Å². The predicted octanol–water partition coefficient (Wildman–Crippen LogP) is 3.01. The van der Waals surface area contributed by atoms with Gasteiger partial charge >= 0.3 is 6.18 Å². The number of benzene rings is 1. The van der Waals surface area contributed by atoms with Gasteiger partial charge in [-0.2, -0.15) is 13.2 Å². The van der Waals surface area contributed by atoms with Crippen LogP contribution in [0.15, 0.2) is 48.3 Å². The van der Waals surface area contributed by atoms with E-state index in [1.165, 1.54) is 18.2 Å². The van der Waals surface area contributed by atoms with Crippen LogP contribution < -0.4 is 15.4 Å². The van der Waals surface area contributed by atoms with E-state index < -0.39 is 23.7 Å². The molecule has 0 saturated heterocycles. The zero-order valence-electron chi connectivity index (χ0n) is 17.6. The lowest BCUT2D eigenvalue weighted by molar-refractivity contribution is -0.141. The summed E-state index contributed by atoms with van der Waals surface area (Å²) in [6, 6.07) is 8.18. The summed E-state index contributed by atoms with van der Waals surface area (Å²) in [6.07, 6.45) is -2.46. The van der Waals surface area contributed by atoms with E-state index in [1.54, 1.807) is 12.1 Å². The lowest BCUT2D eigenvalue weighted by atomic mass is 10.1. The summed E-state index contributed by atoms with van der Waals surface area (Å²) in [5.74, 6) is -0.403. The molecule has 1 aromatic carbocycles. The minimum absolute atomic E-state index is 0.0702. The van der Waals surface area contributed by atoms with Crippen LogP contribution in [0.2, 0.25) is 0 Å². The summed E-state index contributed by atoms with van der Waals surface area (Å²) in [5.41, 5.74) is -0.881. The van der Waals surface area contributed by atoms with Gasteiger partial charge in [0, 0.05) is 18.3 Å². The number of aromatic nitrogens is 1. The molecular formula is C22H24F3N3O4. The summed E-state index contributed by atoms with van der Waals surface area (Å²) in [7, 11) is 0. The van der Waals surface area contributed by atoms with Crippen molar-refractivity contribution in [1.82, 2.24) is 15.6 Å². The SMILES string of the molecule is CC(C)COc1ccc(C(=O)N/C(=C\c2ccc(C(F)(F)F)nc2)C(=O)NCCO)cc1. The second-order valence-corrected chi connectivity index (χ2v) is 7.20. The Kier molecular flexibility index (Phi) is 8.77. The average molecular weight is 451 g/mol. The Morgan fingerprint density at radius 2 is 1.84 bits per heavy atom. The van der Waals surface area contributed by atoms with E-state index >= 15 is 0 Å². The summed E-state index contributed by atoms with van der Waals surface area (Å²) in [6.45, 7) is 4.13. The minimum Gasteiger partial charge on any atom is -0.493 e. The van der Waals surface area contributed by atoms with E-state index in [0.717, 1.165) is 18.3 Å². The van der Waals surface area contributed by atoms with E-state index in [-0.39, 0.29) is 30.0 Å². The monoisotopic (exact) mass is 451 g/mol. The van der Waals surface area contributed by atoms with Gasteiger partial charge < -0.3 is 20.5 Å². The molecular weight excluding hydrogens is 427 g/mol. The van der Waals surface area contributed by atoms with Crippen molar-refractivity contribution in [3.8, 4) is 5.75 Å². The number of hydrogen-bond acceptors (Lipinski definition) is 5. The molecule has 0 radical (unpaired) electrons. The van der Waals surface area contributed by atoms with Crippen LogP contribution in [0, 0.1) is 5.92 Å². The fraction of sp³-hybridized carbons (Fsp3) is 0.318. The number of carbonyl (C=O) groups is 2. The van der Waals surface area contributed by atoms with Crippen LogP contribution in [0.25, 0.3) is 6.08 Å². The quantitative estimate of drug-likeness (QED) is 0.509. The van der Waals surface area contributed by atoms with Crippen molar-refractivity contribution in [3.05, 3.63) is 65.1 Å². The van der Waals surface area contributed by atoms with Crippen LogP contribution in [0.5, 0.6) is 5.75 Å². The Morgan fingerprint density at radius 1 is 1.16 bits per heavy atom. The zero-order chi connectivity index (χ0) is 23.7. The highest BCUT2D eigenvalue weighted by Crippen LogP contribution is 2.27. The van der Waals surface area contributed by atoms with Crippen molar-refractivity contribution in [3.63, 3.8) is 0 Å². The largest absolute Gasteiger partial charge is 0.493 e. The van der Waals surface area contributed by atoms with Crippen molar-refractivity contribution in [2.45, 2.75) is 20.0 Å². The average Bonchev–Trinajstić information content (AvgIpc) is 2.75. The number of aliphatic hydroxyl groups is 1. The maximum Gasteiger partial charge on any atom is 0.433 e. The Morgan fingerprint density at radius 3 is 2.38 bits per heavy atom. The molecule has 0 aliphatic carbocycles. The number of halogens is 3. The summed E-state index contributed by atoms with van der Waals surface area (Å²) >= 11 is 0. The molecule has 3 N–H and O–H groups in total. The zero-order valence-corrected chi connectivity index (χ0v) is 17.6. The van der Waals surface area contributed by atoms with Crippen molar-refractivity contribution >= 4 is 17.9 Å². The third kappa shape index (κ3) is 7.69. The highest BCUT2D eigenvalue weighted by molar-refractivity contribution is 6.05. The molecule has 0 bridgehead atoms. The van der Waals surface area contributed by atoms with Crippen LogP contribution in [0.1, 0.15) is 35.5 Å². The first kappa shape index (κ1) is 24.9. The molecule has 0 saturated carbocycles. The molecule has 0 unspecified atom stereocenters. The fourth-order valence-electron chi connectivity index (χ4n) is 2.41. The van der Waals surface area contributed by atoms with E-state index in [1.807, 2.05) is 13.8 Å². The molecule has 0 atom stereocenters. The van der Waals surface area contributed by atoms with Crippen molar-refractivity contribution < 1.29 is 32.6 Å². The van der Waals surface area contributed by atoms with Gasteiger partial charge in [-0.3, -0.25) is 14.6 Å². The fourth-order valence-corrected chi connectivity index (χ4v) is 2.41. The van der Waals surface area contributed by atoms with Gasteiger partial charge in [0.25, 0.3) is 11.8 Å². The molecule has 0 aliphatic heterocycles. The Balaban J connectivity index is 2.20. The third-order valence-corrected chi connectivity index (χ3v) is 3.98. The summed E-state index contributed by atoms with van der Waals surface area (Å²) in [5, 5.41) is 13.7. The predicted molar refractivity (Wildman–Crippen MR) is 112 cm³/mol. The molecule has 7 nitrogen and oxygen atoms in total.